The summed E-state index contributed by atoms with van der Waals surface area (Å²) in [5.74, 6) is 1.23. The van der Waals surface area contributed by atoms with Crippen LogP contribution in [0, 0.1) is 0 Å². The van der Waals surface area contributed by atoms with Gasteiger partial charge in [0, 0.05) is 39.3 Å². The number of likely N-dealkylation sites (tertiary alicyclic amines) is 1. The van der Waals surface area contributed by atoms with E-state index in [1.807, 2.05) is 18.2 Å². The van der Waals surface area contributed by atoms with E-state index in [4.69, 9.17) is 4.74 Å². The van der Waals surface area contributed by atoms with Gasteiger partial charge in [-0.2, -0.15) is 0 Å². The molecule has 2 saturated heterocycles. The quantitative estimate of drug-likeness (QED) is 0.848. The summed E-state index contributed by atoms with van der Waals surface area (Å²) in [6, 6.07) is 8.16. The molecule has 1 aromatic carbocycles. The first-order valence-electron chi connectivity index (χ1n) is 9.16. The van der Waals surface area contributed by atoms with Crippen LogP contribution in [0.4, 0.5) is 5.69 Å². The summed E-state index contributed by atoms with van der Waals surface area (Å²) in [7, 11) is 1.72. The summed E-state index contributed by atoms with van der Waals surface area (Å²) in [6.07, 6.45) is 4.85. The highest BCUT2D eigenvalue weighted by Crippen LogP contribution is 2.28. The molecular weight excluding hydrogens is 302 g/mol. The van der Waals surface area contributed by atoms with E-state index >= 15 is 0 Å². The highest BCUT2D eigenvalue weighted by Gasteiger charge is 2.23. The molecule has 2 fully saturated rings. The minimum atomic E-state index is 0.308. The predicted molar refractivity (Wildman–Crippen MR) is 96.7 cm³/mol. The Morgan fingerprint density at radius 2 is 1.62 bits per heavy atom. The molecule has 5 nitrogen and oxygen atoms in total. The van der Waals surface area contributed by atoms with Gasteiger partial charge in [0.15, 0.2) is 0 Å². The monoisotopic (exact) mass is 331 g/mol. The molecule has 24 heavy (non-hydrogen) atoms. The van der Waals surface area contributed by atoms with Crippen LogP contribution in [0.2, 0.25) is 0 Å². The van der Waals surface area contributed by atoms with Crippen molar-refractivity contribution in [3.8, 4) is 5.75 Å². The lowest BCUT2D eigenvalue weighted by Gasteiger charge is -2.37. The summed E-state index contributed by atoms with van der Waals surface area (Å²) >= 11 is 0. The Hall–Kier alpha value is -1.75. The fourth-order valence-electron chi connectivity index (χ4n) is 3.65. The van der Waals surface area contributed by atoms with Crippen molar-refractivity contribution in [1.82, 2.24) is 9.80 Å². The number of rotatable bonds is 4. The molecule has 2 heterocycles. The van der Waals surface area contributed by atoms with E-state index in [2.05, 4.69) is 20.8 Å². The van der Waals surface area contributed by atoms with Crippen molar-refractivity contribution in [2.75, 3.05) is 57.8 Å². The van der Waals surface area contributed by atoms with Crippen molar-refractivity contribution in [3.63, 3.8) is 0 Å². The highest BCUT2D eigenvalue weighted by molar-refractivity contribution is 5.78. The standard InChI is InChI=1S/C19H29N3O2/c1-24-18-9-5-4-8-17(18)21-14-12-20(13-15-21)16-19(23)22-10-6-2-3-7-11-22/h4-5,8-9H,2-3,6-7,10-16H2,1H3. The first-order chi connectivity index (χ1) is 11.8. The summed E-state index contributed by atoms with van der Waals surface area (Å²) in [6.45, 7) is 6.19. The number of methoxy groups -OCH3 is 1. The lowest BCUT2D eigenvalue weighted by Crippen LogP contribution is -2.50. The molecule has 0 aromatic heterocycles. The Labute approximate surface area is 145 Å². The van der Waals surface area contributed by atoms with Crippen molar-refractivity contribution in [3.05, 3.63) is 24.3 Å². The highest BCUT2D eigenvalue weighted by atomic mass is 16.5. The summed E-state index contributed by atoms with van der Waals surface area (Å²) in [5, 5.41) is 0. The molecule has 0 bridgehead atoms. The van der Waals surface area contributed by atoms with Gasteiger partial charge in [0.25, 0.3) is 0 Å². The van der Waals surface area contributed by atoms with Crippen molar-refractivity contribution in [1.29, 1.82) is 0 Å². The number of anilines is 1. The number of piperazine rings is 1. The number of para-hydroxylation sites is 2. The van der Waals surface area contributed by atoms with Gasteiger partial charge in [-0.1, -0.05) is 25.0 Å². The largest absolute Gasteiger partial charge is 0.495 e. The van der Waals surface area contributed by atoms with Crippen LogP contribution in [0.1, 0.15) is 25.7 Å². The van der Waals surface area contributed by atoms with Gasteiger partial charge in [-0.15, -0.1) is 0 Å². The molecule has 5 heteroatoms. The van der Waals surface area contributed by atoms with Crippen molar-refractivity contribution in [2.24, 2.45) is 0 Å². The van der Waals surface area contributed by atoms with Gasteiger partial charge in [-0.3, -0.25) is 9.69 Å². The van der Waals surface area contributed by atoms with Gasteiger partial charge in [0.05, 0.1) is 19.3 Å². The van der Waals surface area contributed by atoms with E-state index in [0.717, 1.165) is 63.5 Å². The molecule has 0 spiro atoms. The molecule has 0 unspecified atom stereocenters. The van der Waals surface area contributed by atoms with Gasteiger partial charge >= 0.3 is 0 Å². The van der Waals surface area contributed by atoms with E-state index in [1.54, 1.807) is 7.11 Å². The zero-order chi connectivity index (χ0) is 16.8. The normalized spacial score (nSPS) is 19.9. The minimum Gasteiger partial charge on any atom is -0.495 e. The number of carbonyl (C=O) groups is 1. The van der Waals surface area contributed by atoms with E-state index in [0.29, 0.717) is 12.5 Å². The van der Waals surface area contributed by atoms with Crippen LogP contribution in [0.5, 0.6) is 5.75 Å². The fraction of sp³-hybridized carbons (Fsp3) is 0.632. The Balaban J connectivity index is 1.50. The zero-order valence-electron chi connectivity index (χ0n) is 14.7. The molecule has 0 aliphatic carbocycles. The maximum atomic E-state index is 12.5. The maximum absolute atomic E-state index is 12.5. The van der Waals surface area contributed by atoms with Crippen LogP contribution < -0.4 is 9.64 Å². The third-order valence-electron chi connectivity index (χ3n) is 5.12. The molecule has 0 radical (unpaired) electrons. The van der Waals surface area contributed by atoms with Crippen molar-refractivity contribution in [2.45, 2.75) is 25.7 Å². The number of nitrogens with zero attached hydrogens (tertiary/aromatic N) is 3. The van der Waals surface area contributed by atoms with Gasteiger partial charge in [0.2, 0.25) is 5.91 Å². The smallest absolute Gasteiger partial charge is 0.236 e. The van der Waals surface area contributed by atoms with Crippen LogP contribution in [0.25, 0.3) is 0 Å². The first kappa shape index (κ1) is 17.1. The van der Waals surface area contributed by atoms with E-state index in [1.165, 1.54) is 12.8 Å². The van der Waals surface area contributed by atoms with Gasteiger partial charge in [-0.05, 0) is 25.0 Å². The second-order valence-electron chi connectivity index (χ2n) is 6.73. The molecule has 0 N–H and O–H groups in total. The lowest BCUT2D eigenvalue weighted by molar-refractivity contribution is -0.132. The molecule has 132 valence electrons. The third-order valence-corrected chi connectivity index (χ3v) is 5.12. The second-order valence-corrected chi connectivity index (χ2v) is 6.73. The number of carbonyl (C=O) groups excluding carboxylic acids is 1. The lowest BCUT2D eigenvalue weighted by atomic mass is 10.2. The van der Waals surface area contributed by atoms with Crippen LogP contribution in [0.15, 0.2) is 24.3 Å². The van der Waals surface area contributed by atoms with Gasteiger partial charge < -0.3 is 14.5 Å². The summed E-state index contributed by atoms with van der Waals surface area (Å²) < 4.78 is 5.47. The molecule has 0 saturated carbocycles. The van der Waals surface area contributed by atoms with E-state index < -0.39 is 0 Å². The van der Waals surface area contributed by atoms with Crippen molar-refractivity contribution >= 4 is 11.6 Å². The van der Waals surface area contributed by atoms with Crippen molar-refractivity contribution < 1.29 is 9.53 Å². The number of benzene rings is 1. The SMILES string of the molecule is COc1ccccc1N1CCN(CC(=O)N2CCCCCC2)CC1. The zero-order valence-corrected chi connectivity index (χ0v) is 14.7. The molecule has 2 aliphatic heterocycles. The molecule has 1 aromatic rings. The predicted octanol–water partition coefficient (Wildman–Crippen LogP) is 2.22. The number of hydrogen-bond acceptors (Lipinski definition) is 4. The molecule has 2 aliphatic rings. The Kier molecular flexibility index (Phi) is 5.96. The van der Waals surface area contributed by atoms with Gasteiger partial charge in [-0.25, -0.2) is 0 Å². The molecule has 0 atom stereocenters. The number of hydrogen-bond donors (Lipinski definition) is 0. The Morgan fingerprint density at radius 3 is 2.29 bits per heavy atom. The Morgan fingerprint density at radius 1 is 0.958 bits per heavy atom. The third kappa shape index (κ3) is 4.20. The van der Waals surface area contributed by atoms with Crippen LogP contribution >= 0.6 is 0 Å². The second kappa shape index (κ2) is 8.38. The summed E-state index contributed by atoms with van der Waals surface area (Å²) in [4.78, 5) is 19.2. The minimum absolute atomic E-state index is 0.308. The molecular formula is C19H29N3O2. The average Bonchev–Trinajstić information content (AvgIpc) is 2.92. The number of amides is 1. The first-order valence-corrected chi connectivity index (χ1v) is 9.16. The van der Waals surface area contributed by atoms with Gasteiger partial charge in [0.1, 0.15) is 5.75 Å². The fourth-order valence-corrected chi connectivity index (χ4v) is 3.65. The topological polar surface area (TPSA) is 36.0 Å². The average molecular weight is 331 g/mol. The Bertz CT molecular complexity index is 533. The number of ether oxygens (including phenoxy) is 1. The van der Waals surface area contributed by atoms with E-state index in [-0.39, 0.29) is 0 Å². The summed E-state index contributed by atoms with van der Waals surface area (Å²) in [5.41, 5.74) is 1.15. The maximum Gasteiger partial charge on any atom is 0.236 e. The molecule has 1 amide bonds. The molecule has 3 rings (SSSR count). The van der Waals surface area contributed by atoms with Crippen LogP contribution in [-0.2, 0) is 4.79 Å². The van der Waals surface area contributed by atoms with E-state index in [9.17, 15) is 4.79 Å². The van der Waals surface area contributed by atoms with Crippen LogP contribution in [0.3, 0.4) is 0 Å². The van der Waals surface area contributed by atoms with Crippen LogP contribution in [-0.4, -0.2) is 68.6 Å².